The van der Waals surface area contributed by atoms with Gasteiger partial charge in [0.25, 0.3) is 5.91 Å². The summed E-state index contributed by atoms with van der Waals surface area (Å²) in [5, 5.41) is 5.08. The fourth-order valence-corrected chi connectivity index (χ4v) is 3.67. The summed E-state index contributed by atoms with van der Waals surface area (Å²) in [7, 11) is 1.27. The zero-order valence-electron chi connectivity index (χ0n) is 17.6. The predicted molar refractivity (Wildman–Crippen MR) is 120 cm³/mol. The summed E-state index contributed by atoms with van der Waals surface area (Å²) in [6, 6.07) is 13.8. The number of para-hydroxylation sites is 1. The number of ether oxygens (including phenoxy) is 3. The van der Waals surface area contributed by atoms with Crippen molar-refractivity contribution in [3.63, 3.8) is 0 Å². The zero-order chi connectivity index (χ0) is 22.9. The number of carbonyl (C=O) groups excluding carboxylic acids is 3. The van der Waals surface area contributed by atoms with E-state index in [-0.39, 0.29) is 6.42 Å². The van der Waals surface area contributed by atoms with E-state index >= 15 is 0 Å². The van der Waals surface area contributed by atoms with Crippen molar-refractivity contribution in [2.24, 2.45) is 0 Å². The van der Waals surface area contributed by atoms with Gasteiger partial charge in [-0.25, -0.2) is 9.78 Å². The molecule has 0 saturated heterocycles. The number of amides is 1. The van der Waals surface area contributed by atoms with Crippen molar-refractivity contribution < 1.29 is 28.6 Å². The maximum absolute atomic E-state index is 12.1. The van der Waals surface area contributed by atoms with E-state index in [9.17, 15) is 14.4 Å². The van der Waals surface area contributed by atoms with Crippen LogP contribution in [0.1, 0.15) is 23.0 Å². The van der Waals surface area contributed by atoms with Gasteiger partial charge < -0.3 is 19.5 Å². The summed E-state index contributed by atoms with van der Waals surface area (Å²) in [4.78, 5) is 40.3. The van der Waals surface area contributed by atoms with E-state index in [0.717, 1.165) is 16.3 Å². The summed E-state index contributed by atoms with van der Waals surface area (Å²) < 4.78 is 15.3. The van der Waals surface area contributed by atoms with Gasteiger partial charge in [-0.3, -0.25) is 9.59 Å². The van der Waals surface area contributed by atoms with Gasteiger partial charge in [-0.15, -0.1) is 11.3 Å². The molecule has 0 aliphatic carbocycles. The van der Waals surface area contributed by atoms with Gasteiger partial charge in [-0.1, -0.05) is 18.2 Å². The van der Waals surface area contributed by atoms with Gasteiger partial charge in [0.15, 0.2) is 6.61 Å². The van der Waals surface area contributed by atoms with Gasteiger partial charge in [0.1, 0.15) is 10.8 Å². The van der Waals surface area contributed by atoms with Crippen LogP contribution in [0.2, 0.25) is 0 Å². The van der Waals surface area contributed by atoms with Gasteiger partial charge in [0.05, 0.1) is 37.0 Å². The number of nitrogens with zero attached hydrogens (tertiary/aromatic N) is 1. The number of benzene rings is 2. The zero-order valence-corrected chi connectivity index (χ0v) is 18.4. The van der Waals surface area contributed by atoms with Crippen LogP contribution >= 0.6 is 11.3 Å². The van der Waals surface area contributed by atoms with Gasteiger partial charge in [0.2, 0.25) is 0 Å². The molecular weight excluding hydrogens is 432 g/mol. The van der Waals surface area contributed by atoms with Crippen molar-refractivity contribution in [3.8, 4) is 16.3 Å². The highest BCUT2D eigenvalue weighted by Crippen LogP contribution is 2.32. The highest BCUT2D eigenvalue weighted by molar-refractivity contribution is 7.13. The third kappa shape index (κ3) is 6.14. The summed E-state index contributed by atoms with van der Waals surface area (Å²) in [5.41, 5.74) is 2.10. The van der Waals surface area contributed by atoms with Crippen LogP contribution in [0, 0.1) is 0 Å². The van der Waals surface area contributed by atoms with E-state index in [1.54, 1.807) is 23.6 Å². The molecule has 1 aromatic heterocycles. The largest absolute Gasteiger partial charge is 0.493 e. The van der Waals surface area contributed by atoms with E-state index < -0.39 is 24.5 Å². The van der Waals surface area contributed by atoms with E-state index in [2.05, 4.69) is 15.0 Å². The van der Waals surface area contributed by atoms with E-state index in [1.807, 2.05) is 31.2 Å². The van der Waals surface area contributed by atoms with E-state index in [1.165, 1.54) is 24.5 Å². The second kappa shape index (κ2) is 11.1. The molecule has 0 saturated carbocycles. The first-order valence-electron chi connectivity index (χ1n) is 9.80. The molecule has 8 nitrogen and oxygen atoms in total. The lowest BCUT2D eigenvalue weighted by atomic mass is 10.2. The third-order valence-corrected chi connectivity index (χ3v) is 5.15. The number of aromatic nitrogens is 1. The van der Waals surface area contributed by atoms with Gasteiger partial charge in [-0.05, 0) is 37.3 Å². The number of rotatable bonds is 9. The maximum Gasteiger partial charge on any atom is 0.337 e. The minimum Gasteiger partial charge on any atom is -0.493 e. The Labute approximate surface area is 189 Å². The Morgan fingerprint density at radius 1 is 1.09 bits per heavy atom. The van der Waals surface area contributed by atoms with E-state index in [0.29, 0.717) is 23.6 Å². The molecule has 3 aromatic rings. The van der Waals surface area contributed by atoms with Crippen molar-refractivity contribution in [2.45, 2.75) is 13.3 Å². The Kier molecular flexibility index (Phi) is 7.93. The predicted octanol–water partition coefficient (Wildman–Crippen LogP) is 3.72. The first kappa shape index (κ1) is 23.0. The summed E-state index contributed by atoms with van der Waals surface area (Å²) in [5.74, 6) is -0.881. The molecular formula is C23H22N2O6S. The Hall–Kier alpha value is -3.72. The van der Waals surface area contributed by atoms with E-state index in [4.69, 9.17) is 9.47 Å². The molecule has 0 aliphatic heterocycles. The average Bonchev–Trinajstić information content (AvgIpc) is 3.26. The molecule has 1 N–H and O–H groups in total. The van der Waals surface area contributed by atoms with Gasteiger partial charge in [-0.2, -0.15) is 0 Å². The second-order valence-electron chi connectivity index (χ2n) is 6.53. The standard InChI is InChI=1S/C23H22N2O6S/c1-3-30-19-10-5-4-9-18(19)22-25-17(14-32-22)12-21(27)31-13-20(26)24-16-8-6-7-15(11-16)23(28)29-2/h4-11,14H,3,12-13H2,1-2H3,(H,24,26). The van der Waals surface area contributed by atoms with Crippen LogP contribution in [0.3, 0.4) is 0 Å². The Morgan fingerprint density at radius 3 is 2.69 bits per heavy atom. The van der Waals surface area contributed by atoms with Crippen molar-refractivity contribution in [3.05, 3.63) is 65.2 Å². The molecule has 0 radical (unpaired) electrons. The van der Waals surface area contributed by atoms with Crippen LogP contribution in [-0.4, -0.2) is 43.2 Å². The molecule has 0 spiro atoms. The molecule has 166 valence electrons. The first-order valence-corrected chi connectivity index (χ1v) is 10.7. The molecule has 0 fully saturated rings. The number of hydrogen-bond donors (Lipinski definition) is 1. The lowest BCUT2D eigenvalue weighted by Crippen LogP contribution is -2.21. The van der Waals surface area contributed by atoms with Crippen LogP contribution in [0.15, 0.2) is 53.9 Å². The first-order chi connectivity index (χ1) is 15.5. The fourth-order valence-electron chi connectivity index (χ4n) is 2.82. The lowest BCUT2D eigenvalue weighted by molar-refractivity contribution is -0.146. The SMILES string of the molecule is CCOc1ccccc1-c1nc(CC(=O)OCC(=O)Nc2cccc(C(=O)OC)c2)cs1. The van der Waals surface area contributed by atoms with Crippen molar-refractivity contribution in [2.75, 3.05) is 25.6 Å². The number of esters is 2. The van der Waals surface area contributed by atoms with Crippen LogP contribution in [0.25, 0.3) is 10.6 Å². The number of carbonyl (C=O) groups is 3. The number of anilines is 1. The highest BCUT2D eigenvalue weighted by Gasteiger charge is 2.14. The van der Waals surface area contributed by atoms with Crippen molar-refractivity contribution in [1.82, 2.24) is 4.98 Å². The minimum absolute atomic E-state index is 0.0571. The maximum atomic E-state index is 12.1. The molecule has 1 amide bonds. The lowest BCUT2D eigenvalue weighted by Gasteiger charge is -2.08. The summed E-state index contributed by atoms with van der Waals surface area (Å²) in [6.45, 7) is 1.99. The number of hydrogen-bond acceptors (Lipinski definition) is 8. The molecule has 32 heavy (non-hydrogen) atoms. The monoisotopic (exact) mass is 454 g/mol. The Morgan fingerprint density at radius 2 is 1.91 bits per heavy atom. The molecule has 0 unspecified atom stereocenters. The Bertz CT molecular complexity index is 1110. The topological polar surface area (TPSA) is 104 Å². The molecule has 9 heteroatoms. The molecule has 0 bridgehead atoms. The summed E-state index contributed by atoms with van der Waals surface area (Å²) >= 11 is 1.40. The number of nitrogens with one attached hydrogen (secondary N) is 1. The van der Waals surface area contributed by atoms with Gasteiger partial charge >= 0.3 is 11.9 Å². The minimum atomic E-state index is -0.571. The fraction of sp³-hybridized carbons (Fsp3) is 0.217. The quantitative estimate of drug-likeness (QED) is 0.492. The van der Waals surface area contributed by atoms with Crippen LogP contribution in [-0.2, 0) is 25.5 Å². The molecule has 1 heterocycles. The second-order valence-corrected chi connectivity index (χ2v) is 7.39. The number of methoxy groups -OCH3 is 1. The molecule has 0 atom stereocenters. The van der Waals surface area contributed by atoms with Gasteiger partial charge in [0, 0.05) is 11.1 Å². The molecule has 2 aromatic carbocycles. The molecule has 3 rings (SSSR count). The number of thiazole rings is 1. The highest BCUT2D eigenvalue weighted by atomic mass is 32.1. The van der Waals surface area contributed by atoms with Crippen molar-refractivity contribution >= 4 is 34.9 Å². The Balaban J connectivity index is 1.53. The average molecular weight is 455 g/mol. The van der Waals surface area contributed by atoms with Crippen LogP contribution < -0.4 is 10.1 Å². The third-order valence-electron chi connectivity index (χ3n) is 4.23. The normalized spacial score (nSPS) is 10.3. The van der Waals surface area contributed by atoms with Crippen LogP contribution in [0.5, 0.6) is 5.75 Å². The summed E-state index contributed by atoms with van der Waals surface area (Å²) in [6.07, 6.45) is -0.0571. The van der Waals surface area contributed by atoms with Crippen LogP contribution in [0.4, 0.5) is 5.69 Å². The molecule has 0 aliphatic rings. The smallest absolute Gasteiger partial charge is 0.337 e. The van der Waals surface area contributed by atoms with Crippen molar-refractivity contribution in [1.29, 1.82) is 0 Å².